The predicted molar refractivity (Wildman–Crippen MR) is 69.7 cm³/mol. The van der Waals surface area contributed by atoms with Crippen LogP contribution in [0.4, 0.5) is 5.69 Å². The van der Waals surface area contributed by atoms with Gasteiger partial charge in [0.25, 0.3) is 0 Å². The Morgan fingerprint density at radius 1 is 1.22 bits per heavy atom. The number of anilines is 1. The summed E-state index contributed by atoms with van der Waals surface area (Å²) < 4.78 is 0. The van der Waals surface area contributed by atoms with E-state index in [0.29, 0.717) is 11.3 Å². The van der Waals surface area contributed by atoms with E-state index in [9.17, 15) is 9.59 Å². The van der Waals surface area contributed by atoms with Gasteiger partial charge in [0.05, 0.1) is 12.0 Å². The summed E-state index contributed by atoms with van der Waals surface area (Å²) in [5.74, 6) is -1.02. The molecule has 0 aliphatic heterocycles. The molecule has 1 aromatic rings. The Morgan fingerprint density at radius 2 is 1.78 bits per heavy atom. The number of rotatable bonds is 5. The molecule has 0 fully saturated rings. The highest BCUT2D eigenvalue weighted by Gasteiger charge is 2.29. The van der Waals surface area contributed by atoms with E-state index >= 15 is 0 Å². The topological polar surface area (TPSA) is 78.4 Å². The first kappa shape index (κ1) is 14.2. The van der Waals surface area contributed by atoms with Crippen molar-refractivity contribution in [2.75, 3.05) is 18.9 Å². The minimum absolute atomic E-state index is 0.136. The first-order valence-electron chi connectivity index (χ1n) is 5.66. The lowest BCUT2D eigenvalue weighted by atomic mass is 9.85. The maximum Gasteiger partial charge on any atom is 0.313 e. The van der Waals surface area contributed by atoms with E-state index < -0.39 is 11.4 Å². The summed E-state index contributed by atoms with van der Waals surface area (Å²) in [6.45, 7) is 3.52. The molecule has 0 saturated carbocycles. The first-order chi connectivity index (χ1) is 8.37. The molecule has 18 heavy (non-hydrogen) atoms. The van der Waals surface area contributed by atoms with Crippen LogP contribution in [0.5, 0.6) is 0 Å². The molecule has 0 heterocycles. The number of likely N-dealkylation sites (N-methyl/N-ethyl adjacent to an activating group) is 1. The van der Waals surface area contributed by atoms with E-state index in [1.54, 1.807) is 45.2 Å². The van der Waals surface area contributed by atoms with Gasteiger partial charge in [-0.3, -0.25) is 9.59 Å². The quantitative estimate of drug-likeness (QED) is 0.734. The molecule has 1 amide bonds. The number of hydrogen-bond acceptors (Lipinski definition) is 3. The van der Waals surface area contributed by atoms with Gasteiger partial charge in [0.15, 0.2) is 0 Å². The summed E-state index contributed by atoms with van der Waals surface area (Å²) >= 11 is 0. The van der Waals surface area contributed by atoms with Gasteiger partial charge in [-0.05, 0) is 38.6 Å². The minimum Gasteiger partial charge on any atom is -0.481 e. The lowest BCUT2D eigenvalue weighted by Crippen LogP contribution is -2.28. The standard InChI is InChI=1S/C13H18N2O3/c1-13(2,12(17)18)9-4-6-10(7-5-9)15-11(16)8-14-3/h4-7,14H,8H2,1-3H3,(H,15,16)(H,17,18). The Labute approximate surface area is 106 Å². The number of benzene rings is 1. The van der Waals surface area contributed by atoms with Crippen molar-refractivity contribution in [2.24, 2.45) is 0 Å². The number of hydrogen-bond donors (Lipinski definition) is 3. The molecular formula is C13H18N2O3. The van der Waals surface area contributed by atoms with E-state index in [1.165, 1.54) is 0 Å². The predicted octanol–water partition coefficient (Wildman–Crippen LogP) is 1.21. The number of aliphatic carboxylic acids is 1. The second-order valence-corrected chi connectivity index (χ2v) is 4.59. The summed E-state index contributed by atoms with van der Waals surface area (Å²) in [6, 6.07) is 6.83. The van der Waals surface area contributed by atoms with Crippen molar-refractivity contribution in [3.05, 3.63) is 29.8 Å². The van der Waals surface area contributed by atoms with Crippen molar-refractivity contribution >= 4 is 17.6 Å². The molecule has 0 unspecified atom stereocenters. The molecule has 1 aromatic carbocycles. The fourth-order valence-electron chi connectivity index (χ4n) is 1.46. The van der Waals surface area contributed by atoms with E-state index in [0.717, 1.165) is 0 Å². The highest BCUT2D eigenvalue weighted by atomic mass is 16.4. The SMILES string of the molecule is CNCC(=O)Nc1ccc(C(C)(C)C(=O)O)cc1. The van der Waals surface area contributed by atoms with Crippen LogP contribution in [-0.2, 0) is 15.0 Å². The zero-order chi connectivity index (χ0) is 13.8. The number of carboxylic acids is 1. The molecule has 0 radical (unpaired) electrons. The smallest absolute Gasteiger partial charge is 0.313 e. The van der Waals surface area contributed by atoms with Gasteiger partial charge < -0.3 is 15.7 Å². The largest absolute Gasteiger partial charge is 0.481 e. The number of amides is 1. The number of carbonyl (C=O) groups is 2. The number of carbonyl (C=O) groups excluding carboxylic acids is 1. The van der Waals surface area contributed by atoms with Crippen LogP contribution in [0, 0.1) is 0 Å². The number of nitrogens with one attached hydrogen (secondary N) is 2. The van der Waals surface area contributed by atoms with Crippen molar-refractivity contribution < 1.29 is 14.7 Å². The van der Waals surface area contributed by atoms with Crippen LogP contribution >= 0.6 is 0 Å². The van der Waals surface area contributed by atoms with Crippen molar-refractivity contribution in [1.29, 1.82) is 0 Å². The Hall–Kier alpha value is -1.88. The molecule has 5 heteroatoms. The van der Waals surface area contributed by atoms with Crippen molar-refractivity contribution in [2.45, 2.75) is 19.3 Å². The fourth-order valence-corrected chi connectivity index (χ4v) is 1.46. The third kappa shape index (κ3) is 3.30. The van der Waals surface area contributed by atoms with Crippen LogP contribution in [0.25, 0.3) is 0 Å². The van der Waals surface area contributed by atoms with Gasteiger partial charge in [-0.1, -0.05) is 12.1 Å². The van der Waals surface area contributed by atoms with Gasteiger partial charge in [0, 0.05) is 5.69 Å². The minimum atomic E-state index is -0.937. The number of carboxylic acid groups (broad SMARTS) is 1. The van der Waals surface area contributed by atoms with Crippen LogP contribution in [0.15, 0.2) is 24.3 Å². The van der Waals surface area contributed by atoms with Gasteiger partial charge in [0.2, 0.25) is 5.91 Å². The van der Waals surface area contributed by atoms with Gasteiger partial charge in [-0.15, -0.1) is 0 Å². The van der Waals surface area contributed by atoms with Crippen LogP contribution in [-0.4, -0.2) is 30.6 Å². The average Bonchev–Trinajstić information content (AvgIpc) is 2.29. The third-order valence-electron chi connectivity index (χ3n) is 2.76. The van der Waals surface area contributed by atoms with Gasteiger partial charge in [-0.2, -0.15) is 0 Å². The second kappa shape index (κ2) is 5.64. The lowest BCUT2D eigenvalue weighted by Gasteiger charge is -2.19. The molecule has 0 spiro atoms. The van der Waals surface area contributed by atoms with Crippen LogP contribution < -0.4 is 10.6 Å². The third-order valence-corrected chi connectivity index (χ3v) is 2.76. The Balaban J connectivity index is 2.80. The molecule has 3 N–H and O–H groups in total. The summed E-state index contributed by atoms with van der Waals surface area (Å²) in [5.41, 5.74) is 0.412. The first-order valence-corrected chi connectivity index (χ1v) is 5.66. The highest BCUT2D eigenvalue weighted by molar-refractivity contribution is 5.92. The summed E-state index contributed by atoms with van der Waals surface area (Å²) in [5, 5.41) is 14.6. The van der Waals surface area contributed by atoms with Crippen LogP contribution in [0.1, 0.15) is 19.4 Å². The van der Waals surface area contributed by atoms with E-state index in [2.05, 4.69) is 10.6 Å². The fraction of sp³-hybridized carbons (Fsp3) is 0.385. The zero-order valence-corrected chi connectivity index (χ0v) is 10.8. The van der Waals surface area contributed by atoms with Crippen LogP contribution in [0.3, 0.4) is 0 Å². The zero-order valence-electron chi connectivity index (χ0n) is 10.8. The molecular weight excluding hydrogens is 232 g/mol. The van der Waals surface area contributed by atoms with Gasteiger partial charge in [-0.25, -0.2) is 0 Å². The van der Waals surface area contributed by atoms with Crippen LogP contribution in [0.2, 0.25) is 0 Å². The van der Waals surface area contributed by atoms with Gasteiger partial charge in [0.1, 0.15) is 0 Å². The Morgan fingerprint density at radius 3 is 2.22 bits per heavy atom. The Kier molecular flexibility index (Phi) is 4.44. The molecule has 0 aliphatic rings. The summed E-state index contributed by atoms with van der Waals surface area (Å²) in [6.07, 6.45) is 0. The average molecular weight is 250 g/mol. The molecule has 0 atom stereocenters. The maximum absolute atomic E-state index is 11.3. The van der Waals surface area contributed by atoms with E-state index in [1.807, 2.05) is 0 Å². The lowest BCUT2D eigenvalue weighted by molar-refractivity contribution is -0.142. The molecule has 1 rings (SSSR count). The molecule has 0 saturated heterocycles. The highest BCUT2D eigenvalue weighted by Crippen LogP contribution is 2.24. The summed E-state index contributed by atoms with van der Waals surface area (Å²) in [4.78, 5) is 22.4. The van der Waals surface area contributed by atoms with Crippen molar-refractivity contribution in [1.82, 2.24) is 5.32 Å². The summed E-state index contributed by atoms with van der Waals surface area (Å²) in [7, 11) is 1.69. The van der Waals surface area contributed by atoms with E-state index in [4.69, 9.17) is 5.11 Å². The maximum atomic E-state index is 11.3. The Bertz CT molecular complexity index is 438. The molecule has 0 bridgehead atoms. The molecule has 0 aliphatic carbocycles. The molecule has 0 aromatic heterocycles. The normalized spacial score (nSPS) is 11.1. The van der Waals surface area contributed by atoms with E-state index in [-0.39, 0.29) is 12.5 Å². The monoisotopic (exact) mass is 250 g/mol. The molecule has 5 nitrogen and oxygen atoms in total. The van der Waals surface area contributed by atoms with Crippen molar-refractivity contribution in [3.8, 4) is 0 Å². The van der Waals surface area contributed by atoms with Crippen molar-refractivity contribution in [3.63, 3.8) is 0 Å². The van der Waals surface area contributed by atoms with Gasteiger partial charge >= 0.3 is 5.97 Å². The molecule has 98 valence electrons. The second-order valence-electron chi connectivity index (χ2n) is 4.59.